The summed E-state index contributed by atoms with van der Waals surface area (Å²) in [6.07, 6.45) is -8.08. The Morgan fingerprint density at radius 3 is 2.24 bits per heavy atom. The Morgan fingerprint density at radius 2 is 1.64 bits per heavy atom. The summed E-state index contributed by atoms with van der Waals surface area (Å²) in [5, 5.41) is 0. The van der Waals surface area contributed by atoms with Gasteiger partial charge in [-0.05, 0) is 29.7 Å². The number of carbonyl (C=O) groups is 2. The normalized spacial score (nSPS) is 14.2. The molecule has 1 amide bonds. The van der Waals surface area contributed by atoms with Crippen molar-refractivity contribution in [2.24, 2.45) is 0 Å². The summed E-state index contributed by atoms with van der Waals surface area (Å²) in [6, 6.07) is 8.71. The Hall–Kier alpha value is -3.63. The first-order chi connectivity index (χ1) is 15.4. The number of hydrogen-bond donors (Lipinski definition) is 1. The van der Waals surface area contributed by atoms with Gasteiger partial charge in [0, 0.05) is 30.4 Å². The fraction of sp³-hybridized carbons (Fsp3) is 0.227. The van der Waals surface area contributed by atoms with Crippen LogP contribution in [-0.2, 0) is 25.3 Å². The quantitative estimate of drug-likeness (QED) is 0.441. The van der Waals surface area contributed by atoms with Crippen molar-refractivity contribution in [1.29, 1.82) is 0 Å². The van der Waals surface area contributed by atoms with Gasteiger partial charge in [-0.15, -0.1) is 0 Å². The van der Waals surface area contributed by atoms with Gasteiger partial charge in [-0.3, -0.25) is 9.59 Å². The molecule has 0 bridgehead atoms. The molecule has 0 saturated heterocycles. The number of imidazole rings is 1. The first-order valence-electron chi connectivity index (χ1n) is 9.70. The highest BCUT2D eigenvalue weighted by molar-refractivity contribution is 6.10. The van der Waals surface area contributed by atoms with E-state index in [9.17, 15) is 35.9 Å². The second-order valence-corrected chi connectivity index (χ2v) is 7.46. The monoisotopic (exact) mass is 467 g/mol. The number of carbonyl (C=O) groups excluding carboxylic acids is 2. The van der Waals surface area contributed by atoms with Crippen LogP contribution in [0.1, 0.15) is 48.9 Å². The number of hydrogen-bond acceptors (Lipinski definition) is 3. The predicted molar refractivity (Wildman–Crippen MR) is 103 cm³/mol. The molecule has 0 unspecified atom stereocenters. The summed E-state index contributed by atoms with van der Waals surface area (Å²) in [6.45, 7) is 0.188. The van der Waals surface area contributed by atoms with Crippen LogP contribution in [0.3, 0.4) is 0 Å². The molecule has 1 aliphatic heterocycles. The maximum Gasteiger partial charge on any atom is 0.449 e. The van der Waals surface area contributed by atoms with Gasteiger partial charge in [0.2, 0.25) is 5.82 Å². The molecule has 33 heavy (non-hydrogen) atoms. The lowest BCUT2D eigenvalue weighted by molar-refractivity contribution is -0.144. The molecule has 1 aliphatic rings. The molecule has 1 aromatic heterocycles. The second-order valence-electron chi connectivity index (χ2n) is 7.46. The van der Waals surface area contributed by atoms with Crippen molar-refractivity contribution >= 4 is 11.7 Å². The molecule has 172 valence electrons. The largest absolute Gasteiger partial charge is 0.449 e. The summed E-state index contributed by atoms with van der Waals surface area (Å²) in [5.74, 6) is -2.41. The maximum absolute atomic E-state index is 12.9. The molecule has 0 saturated carbocycles. The highest BCUT2D eigenvalue weighted by Crippen LogP contribution is 2.31. The summed E-state index contributed by atoms with van der Waals surface area (Å²) in [4.78, 5) is 32.1. The number of aromatic amines is 1. The van der Waals surface area contributed by atoms with E-state index in [4.69, 9.17) is 0 Å². The molecule has 0 aliphatic carbocycles. The summed E-state index contributed by atoms with van der Waals surface area (Å²) in [7, 11) is 0. The maximum atomic E-state index is 12.9. The number of amides is 1. The molecule has 11 heteroatoms. The van der Waals surface area contributed by atoms with Crippen molar-refractivity contribution in [3.63, 3.8) is 0 Å². The minimum Gasteiger partial charge on any atom is -0.340 e. The number of halogens is 6. The third kappa shape index (κ3) is 4.48. The molecule has 2 heterocycles. The number of alkyl halides is 6. The topological polar surface area (TPSA) is 66.1 Å². The van der Waals surface area contributed by atoms with E-state index in [1.54, 1.807) is 18.2 Å². The first kappa shape index (κ1) is 22.6. The fourth-order valence-corrected chi connectivity index (χ4v) is 3.70. The number of aromatic nitrogens is 2. The smallest absolute Gasteiger partial charge is 0.340 e. The molecule has 0 atom stereocenters. The number of nitrogens with one attached hydrogen (secondary N) is 1. The van der Waals surface area contributed by atoms with Gasteiger partial charge in [-0.1, -0.05) is 30.3 Å². The number of nitrogens with zero attached hydrogens (tertiary/aromatic N) is 2. The molecule has 5 nitrogen and oxygen atoms in total. The van der Waals surface area contributed by atoms with Crippen LogP contribution in [-0.4, -0.2) is 33.1 Å². The van der Waals surface area contributed by atoms with E-state index >= 15 is 0 Å². The van der Waals surface area contributed by atoms with Crippen LogP contribution in [0, 0.1) is 0 Å². The van der Waals surface area contributed by atoms with Crippen molar-refractivity contribution in [3.8, 4) is 0 Å². The molecule has 3 aromatic rings. The lowest BCUT2D eigenvalue weighted by Gasteiger charge is -2.29. The highest BCUT2D eigenvalue weighted by Gasteiger charge is 2.36. The molecule has 1 N–H and O–H groups in total. The highest BCUT2D eigenvalue weighted by atomic mass is 19.4. The average Bonchev–Trinajstić information content (AvgIpc) is 3.28. The van der Waals surface area contributed by atoms with Crippen LogP contribution in [0.25, 0.3) is 0 Å². The lowest BCUT2D eigenvalue weighted by atomic mass is 9.90. The van der Waals surface area contributed by atoms with Crippen LogP contribution in [0.4, 0.5) is 26.3 Å². The number of rotatable bonds is 3. The Labute approximate surface area is 183 Å². The SMILES string of the molecule is O=C(c1ccc(C(F)(F)F)cc1)c1cccc2c1CCN(C(=O)c1c[nH]c(C(F)(F)F)n1)C2. The van der Waals surface area contributed by atoms with E-state index in [0.717, 1.165) is 30.5 Å². The number of benzene rings is 2. The lowest BCUT2D eigenvalue weighted by Crippen LogP contribution is -2.36. The van der Waals surface area contributed by atoms with Crippen LogP contribution in [0.2, 0.25) is 0 Å². The van der Waals surface area contributed by atoms with Crippen molar-refractivity contribution < 1.29 is 35.9 Å². The van der Waals surface area contributed by atoms with Gasteiger partial charge in [0.1, 0.15) is 5.69 Å². The first-order valence-corrected chi connectivity index (χ1v) is 9.70. The van der Waals surface area contributed by atoms with Gasteiger partial charge in [0.05, 0.1) is 5.56 Å². The van der Waals surface area contributed by atoms with Crippen molar-refractivity contribution in [1.82, 2.24) is 14.9 Å². The van der Waals surface area contributed by atoms with E-state index in [1.165, 1.54) is 4.90 Å². The summed E-state index contributed by atoms with van der Waals surface area (Å²) >= 11 is 0. The molecule has 0 fully saturated rings. The molecular weight excluding hydrogens is 452 g/mol. The Morgan fingerprint density at radius 1 is 0.939 bits per heavy atom. The Balaban J connectivity index is 1.55. The van der Waals surface area contributed by atoms with Gasteiger partial charge in [-0.2, -0.15) is 26.3 Å². The minimum atomic E-state index is -4.71. The van der Waals surface area contributed by atoms with E-state index in [2.05, 4.69) is 4.98 Å². The third-order valence-corrected chi connectivity index (χ3v) is 5.34. The number of H-pyrrole nitrogens is 1. The molecular formula is C22H15F6N3O2. The minimum absolute atomic E-state index is 0.0521. The standard InChI is InChI=1S/C22H15F6N3O2/c23-21(24,25)14-6-4-12(5-7-14)18(32)16-3-1-2-13-11-31(9-8-15(13)16)19(33)17-10-29-20(30-17)22(26,27)28/h1-7,10H,8-9,11H2,(H,29,30). The molecule has 0 radical (unpaired) electrons. The van der Waals surface area contributed by atoms with Gasteiger partial charge in [0.15, 0.2) is 5.78 Å². The second kappa shape index (κ2) is 8.05. The van der Waals surface area contributed by atoms with Crippen LogP contribution < -0.4 is 0 Å². The van der Waals surface area contributed by atoms with Crippen molar-refractivity contribution in [3.05, 3.63) is 88.0 Å². The van der Waals surface area contributed by atoms with Gasteiger partial charge in [0.25, 0.3) is 5.91 Å². The van der Waals surface area contributed by atoms with E-state index in [0.29, 0.717) is 16.7 Å². The molecule has 2 aromatic carbocycles. The van der Waals surface area contributed by atoms with Crippen LogP contribution in [0.5, 0.6) is 0 Å². The van der Waals surface area contributed by atoms with Crippen molar-refractivity contribution in [2.45, 2.75) is 25.3 Å². The summed E-state index contributed by atoms with van der Waals surface area (Å²) < 4.78 is 76.5. The van der Waals surface area contributed by atoms with Gasteiger partial charge < -0.3 is 9.88 Å². The Bertz CT molecular complexity index is 1210. The molecule has 0 spiro atoms. The third-order valence-electron chi connectivity index (χ3n) is 5.34. The number of fused-ring (bicyclic) bond motifs is 1. The fourth-order valence-electron chi connectivity index (χ4n) is 3.70. The predicted octanol–water partition coefficient (Wildman–Crippen LogP) is 4.88. The van der Waals surface area contributed by atoms with Gasteiger partial charge >= 0.3 is 12.4 Å². The zero-order valence-electron chi connectivity index (χ0n) is 16.7. The van der Waals surface area contributed by atoms with E-state index in [1.807, 2.05) is 4.98 Å². The summed E-state index contributed by atoms with van der Waals surface area (Å²) in [5.41, 5.74) is 0.422. The zero-order chi connectivity index (χ0) is 24.0. The van der Waals surface area contributed by atoms with E-state index in [-0.39, 0.29) is 30.8 Å². The average molecular weight is 467 g/mol. The zero-order valence-corrected chi connectivity index (χ0v) is 16.7. The Kier molecular flexibility index (Phi) is 5.51. The van der Waals surface area contributed by atoms with Crippen LogP contribution in [0.15, 0.2) is 48.7 Å². The van der Waals surface area contributed by atoms with Crippen molar-refractivity contribution in [2.75, 3.05) is 6.54 Å². The van der Waals surface area contributed by atoms with Gasteiger partial charge in [-0.25, -0.2) is 4.98 Å². The van der Waals surface area contributed by atoms with Crippen LogP contribution >= 0.6 is 0 Å². The van der Waals surface area contributed by atoms with E-state index < -0.39 is 35.4 Å². The number of ketones is 1. The molecule has 4 rings (SSSR count).